The number of anilines is 1. The molecule has 0 aliphatic heterocycles. The first-order chi connectivity index (χ1) is 14.2. The Kier molecular flexibility index (Phi) is 6.90. The van der Waals surface area contributed by atoms with Crippen LogP contribution >= 0.6 is 35.3 Å². The third-order valence-electron chi connectivity index (χ3n) is 4.86. The van der Waals surface area contributed by atoms with Gasteiger partial charge < -0.3 is 9.73 Å². The predicted octanol–water partition coefficient (Wildman–Crippen LogP) is 7.71. The Morgan fingerprint density at radius 1 is 1.14 bits per heavy atom. The van der Waals surface area contributed by atoms with Gasteiger partial charge >= 0.3 is 0 Å². The predicted molar refractivity (Wildman–Crippen MR) is 128 cm³/mol. The summed E-state index contributed by atoms with van der Waals surface area (Å²) in [6.07, 6.45) is 6.59. The van der Waals surface area contributed by atoms with Gasteiger partial charge in [0.25, 0.3) is 4.84 Å². The Labute approximate surface area is 184 Å². The number of benzene rings is 2. The Morgan fingerprint density at radius 2 is 2.00 bits per heavy atom. The number of fused-ring (bicyclic) bond motifs is 2. The van der Waals surface area contributed by atoms with Gasteiger partial charge in [-0.3, -0.25) is 4.57 Å². The highest BCUT2D eigenvalue weighted by Crippen LogP contribution is 2.32. The van der Waals surface area contributed by atoms with E-state index in [9.17, 15) is 0 Å². The van der Waals surface area contributed by atoms with Gasteiger partial charge in [-0.15, -0.1) is 11.3 Å². The molecule has 4 nitrogen and oxygen atoms in total. The van der Waals surface area contributed by atoms with E-state index in [4.69, 9.17) is 21.6 Å². The molecule has 0 amide bonds. The average molecular weight is 444 g/mol. The van der Waals surface area contributed by atoms with Crippen molar-refractivity contribution in [3.8, 4) is 0 Å². The monoisotopic (exact) mass is 443 g/mol. The van der Waals surface area contributed by atoms with E-state index in [2.05, 4.69) is 30.4 Å². The molecule has 4 aromatic rings. The number of nitrogens with zero attached hydrogens (tertiary/aromatic N) is 2. The van der Waals surface area contributed by atoms with Crippen LogP contribution in [0.4, 0.5) is 5.69 Å². The molecule has 2 aromatic carbocycles. The maximum Gasteiger partial charge on any atom is 0.271 e. The van der Waals surface area contributed by atoms with Gasteiger partial charge in [0.2, 0.25) is 0 Å². The second kappa shape index (κ2) is 9.78. The molecule has 0 saturated heterocycles. The molecular weight excluding hydrogens is 418 g/mol. The normalized spacial score (nSPS) is 11.5. The van der Waals surface area contributed by atoms with E-state index in [1.807, 2.05) is 40.6 Å². The smallest absolute Gasteiger partial charge is 0.271 e. The number of hydrogen-bond donors (Lipinski definition) is 1. The van der Waals surface area contributed by atoms with Crippen molar-refractivity contribution < 1.29 is 4.42 Å². The van der Waals surface area contributed by atoms with Crippen LogP contribution in [-0.4, -0.2) is 15.3 Å². The van der Waals surface area contributed by atoms with Crippen molar-refractivity contribution in [3.05, 3.63) is 47.3 Å². The lowest BCUT2D eigenvalue weighted by Crippen LogP contribution is -2.07. The van der Waals surface area contributed by atoms with E-state index < -0.39 is 0 Å². The first kappa shape index (κ1) is 20.4. The summed E-state index contributed by atoms with van der Waals surface area (Å²) < 4.78 is 10.0. The Balaban J connectivity index is 1.38. The summed E-state index contributed by atoms with van der Waals surface area (Å²) in [4.78, 5) is 5.25. The van der Waals surface area contributed by atoms with Crippen LogP contribution in [0.3, 0.4) is 0 Å². The van der Waals surface area contributed by atoms with Crippen LogP contribution in [0.25, 0.3) is 21.3 Å². The summed E-state index contributed by atoms with van der Waals surface area (Å²) in [5, 5.41) is 3.46. The number of para-hydroxylation sites is 2. The van der Waals surface area contributed by atoms with E-state index >= 15 is 0 Å². The largest absolute Gasteiger partial charge is 0.429 e. The zero-order valence-electron chi connectivity index (χ0n) is 16.5. The highest BCUT2D eigenvalue weighted by molar-refractivity contribution is 8.01. The molecule has 0 spiro atoms. The molecule has 2 aromatic heterocycles. The second-order valence-electron chi connectivity index (χ2n) is 7.02. The zero-order valence-corrected chi connectivity index (χ0v) is 19.0. The van der Waals surface area contributed by atoms with Gasteiger partial charge in [0.1, 0.15) is 0 Å². The average Bonchev–Trinajstić information content (AvgIpc) is 3.28. The number of aromatic nitrogens is 2. The highest BCUT2D eigenvalue weighted by Gasteiger charge is 2.08. The molecule has 0 bridgehead atoms. The number of nitrogens with one attached hydrogen (secondary N) is 1. The third-order valence-corrected chi connectivity index (χ3v) is 7.41. The van der Waals surface area contributed by atoms with E-state index in [1.54, 1.807) is 11.3 Å². The summed E-state index contributed by atoms with van der Waals surface area (Å²) >= 11 is 9.02. The summed E-state index contributed by atoms with van der Waals surface area (Å²) in [5.74, 6) is 1.15. The van der Waals surface area contributed by atoms with Gasteiger partial charge in [-0.2, -0.15) is 0 Å². The van der Waals surface area contributed by atoms with Crippen molar-refractivity contribution in [1.29, 1.82) is 0 Å². The Morgan fingerprint density at radius 3 is 2.90 bits per heavy atom. The lowest BCUT2D eigenvalue weighted by molar-refractivity contribution is 0.546. The molecule has 4 rings (SSSR count). The quantitative estimate of drug-likeness (QED) is 0.154. The molecule has 7 heteroatoms. The number of thiazole rings is 1. The second-order valence-corrected chi connectivity index (χ2v) is 9.75. The molecule has 152 valence electrons. The molecule has 0 unspecified atom stereocenters. The molecule has 0 radical (unpaired) electrons. The molecule has 0 fully saturated rings. The minimum Gasteiger partial charge on any atom is -0.429 e. The maximum absolute atomic E-state index is 5.66. The van der Waals surface area contributed by atoms with Crippen molar-refractivity contribution in [2.24, 2.45) is 0 Å². The van der Waals surface area contributed by atoms with Crippen molar-refractivity contribution in [3.63, 3.8) is 0 Å². The van der Waals surface area contributed by atoms with Crippen LogP contribution in [0.1, 0.15) is 39.0 Å². The van der Waals surface area contributed by atoms with Crippen LogP contribution in [0, 0.1) is 4.84 Å². The van der Waals surface area contributed by atoms with Gasteiger partial charge in [-0.1, -0.05) is 56.5 Å². The van der Waals surface area contributed by atoms with Gasteiger partial charge in [-0.05, 0) is 49.0 Å². The van der Waals surface area contributed by atoms with E-state index in [-0.39, 0.29) is 0 Å². The molecule has 0 atom stereocenters. The van der Waals surface area contributed by atoms with Crippen molar-refractivity contribution >= 4 is 62.3 Å². The molecule has 0 aliphatic rings. The fourth-order valence-electron chi connectivity index (χ4n) is 3.27. The Bertz CT molecular complexity index is 1150. The van der Waals surface area contributed by atoms with Crippen molar-refractivity contribution in [1.82, 2.24) is 9.55 Å². The van der Waals surface area contributed by atoms with Gasteiger partial charge in [-0.25, -0.2) is 4.98 Å². The van der Waals surface area contributed by atoms with Gasteiger partial charge in [0.15, 0.2) is 9.92 Å². The van der Waals surface area contributed by atoms with Crippen LogP contribution in [0.15, 0.2) is 51.2 Å². The standard InChI is InChI=1S/C22H25N3OS3/c1-2-3-4-5-8-13-28-21-24-17-12-11-16(14-20(17)29-21)23-15-25-18-9-6-7-10-19(18)26-22(25)27/h6-7,9-12,14,23H,2-5,8,13,15H2,1H3. The third kappa shape index (κ3) is 5.02. The summed E-state index contributed by atoms with van der Waals surface area (Å²) in [6.45, 7) is 2.82. The van der Waals surface area contributed by atoms with Crippen LogP contribution in [0.2, 0.25) is 0 Å². The first-order valence-electron chi connectivity index (χ1n) is 10.1. The minimum atomic E-state index is 0.482. The number of hydrogen-bond acceptors (Lipinski definition) is 6. The van der Waals surface area contributed by atoms with Crippen molar-refractivity contribution in [2.45, 2.75) is 50.0 Å². The minimum absolute atomic E-state index is 0.482. The number of thioether (sulfide) groups is 1. The number of rotatable bonds is 10. The van der Waals surface area contributed by atoms with Crippen molar-refractivity contribution in [2.75, 3.05) is 11.1 Å². The fraction of sp³-hybridized carbons (Fsp3) is 0.364. The molecule has 29 heavy (non-hydrogen) atoms. The lowest BCUT2D eigenvalue weighted by Gasteiger charge is -2.07. The molecule has 2 heterocycles. The van der Waals surface area contributed by atoms with Gasteiger partial charge in [0.05, 0.1) is 22.4 Å². The fourth-order valence-corrected chi connectivity index (χ4v) is 5.70. The molecule has 1 N–H and O–H groups in total. The van der Waals surface area contributed by atoms with E-state index in [0.29, 0.717) is 11.5 Å². The highest BCUT2D eigenvalue weighted by atomic mass is 32.2. The van der Waals surface area contributed by atoms with Gasteiger partial charge in [0, 0.05) is 11.4 Å². The SMILES string of the molecule is CCCCCCCSc1nc2ccc(NCn3c(=S)oc4ccccc43)cc2s1. The lowest BCUT2D eigenvalue weighted by atomic mass is 10.2. The first-order valence-corrected chi connectivity index (χ1v) is 12.3. The molecule has 0 saturated carbocycles. The summed E-state index contributed by atoms with van der Waals surface area (Å²) in [7, 11) is 0. The van der Waals surface area contributed by atoms with Crippen LogP contribution < -0.4 is 5.32 Å². The summed E-state index contributed by atoms with van der Waals surface area (Å²) in [5.41, 5.74) is 3.94. The number of unbranched alkanes of at least 4 members (excludes halogenated alkanes) is 4. The molecule has 0 aliphatic carbocycles. The summed E-state index contributed by atoms with van der Waals surface area (Å²) in [6, 6.07) is 14.2. The zero-order chi connectivity index (χ0) is 20.1. The van der Waals surface area contributed by atoms with Crippen LogP contribution in [0.5, 0.6) is 0 Å². The molecular formula is C22H25N3OS3. The van der Waals surface area contributed by atoms with E-state index in [1.165, 1.54) is 36.8 Å². The van der Waals surface area contributed by atoms with E-state index in [0.717, 1.165) is 32.4 Å². The topological polar surface area (TPSA) is 43.0 Å². The van der Waals surface area contributed by atoms with Crippen LogP contribution in [-0.2, 0) is 6.67 Å². The maximum atomic E-state index is 5.66. The Hall–Kier alpha value is -1.83. The number of oxazole rings is 1.